The predicted octanol–water partition coefficient (Wildman–Crippen LogP) is 3.36. The second-order valence-corrected chi connectivity index (χ2v) is 4.22. The molecule has 0 amide bonds. The van der Waals surface area contributed by atoms with Crippen LogP contribution in [0.4, 0.5) is 19.1 Å². The van der Waals surface area contributed by atoms with E-state index in [2.05, 4.69) is 9.97 Å². The van der Waals surface area contributed by atoms with Crippen LogP contribution in [0, 0.1) is 13.8 Å². The molecule has 0 aliphatic rings. The number of alkyl halides is 3. The van der Waals surface area contributed by atoms with Gasteiger partial charge in [-0.15, -0.1) is 0 Å². The van der Waals surface area contributed by atoms with Gasteiger partial charge in [0.2, 0.25) is 5.95 Å². The topological polar surface area (TPSA) is 51.8 Å². The molecule has 1 heterocycles. The minimum absolute atomic E-state index is 0.0514. The lowest BCUT2D eigenvalue weighted by molar-refractivity contribution is -0.137. The first-order valence-corrected chi connectivity index (χ1v) is 5.57. The highest BCUT2D eigenvalue weighted by molar-refractivity contribution is 5.65. The summed E-state index contributed by atoms with van der Waals surface area (Å²) in [7, 11) is 0. The maximum absolute atomic E-state index is 12.7. The maximum Gasteiger partial charge on any atom is 0.416 e. The van der Waals surface area contributed by atoms with Crippen molar-refractivity contribution in [2.75, 3.05) is 5.73 Å². The summed E-state index contributed by atoms with van der Waals surface area (Å²) in [6, 6.07) is 5.01. The largest absolute Gasteiger partial charge is 0.416 e. The number of hydrogen-bond acceptors (Lipinski definition) is 3. The SMILES string of the molecule is Cc1nc(N)nc(-c2cccc(C(F)(F)F)c2)c1C. The van der Waals surface area contributed by atoms with Crippen LogP contribution in [0.3, 0.4) is 0 Å². The van der Waals surface area contributed by atoms with Crippen molar-refractivity contribution in [3.8, 4) is 11.3 Å². The molecule has 2 N–H and O–H groups in total. The Bertz CT molecular complexity index is 621. The van der Waals surface area contributed by atoms with Gasteiger partial charge in [-0.1, -0.05) is 12.1 Å². The van der Waals surface area contributed by atoms with E-state index in [4.69, 9.17) is 5.73 Å². The van der Waals surface area contributed by atoms with E-state index in [9.17, 15) is 13.2 Å². The third-order valence-electron chi connectivity index (χ3n) is 2.87. The van der Waals surface area contributed by atoms with Gasteiger partial charge in [0, 0.05) is 11.3 Å². The molecule has 0 unspecified atom stereocenters. The molecule has 1 aromatic heterocycles. The molecule has 2 rings (SSSR count). The van der Waals surface area contributed by atoms with E-state index < -0.39 is 11.7 Å². The number of hydrogen-bond donors (Lipinski definition) is 1. The Morgan fingerprint density at radius 1 is 1.11 bits per heavy atom. The summed E-state index contributed by atoms with van der Waals surface area (Å²) in [5, 5.41) is 0. The number of nitrogen functional groups attached to an aromatic ring is 1. The molecular formula is C13H12F3N3. The van der Waals surface area contributed by atoms with Crippen LogP contribution in [0.2, 0.25) is 0 Å². The number of nitrogens with zero attached hydrogens (tertiary/aromatic N) is 2. The summed E-state index contributed by atoms with van der Waals surface area (Å²) in [5.74, 6) is 0.0514. The second-order valence-electron chi connectivity index (χ2n) is 4.22. The standard InChI is InChI=1S/C13H12F3N3/c1-7-8(2)18-12(17)19-11(7)9-4-3-5-10(6-9)13(14,15)16/h3-6H,1-2H3,(H2,17,18,19). The number of rotatable bonds is 1. The zero-order valence-electron chi connectivity index (χ0n) is 10.4. The van der Waals surface area contributed by atoms with Crippen LogP contribution in [-0.4, -0.2) is 9.97 Å². The summed E-state index contributed by atoms with van der Waals surface area (Å²) >= 11 is 0. The van der Waals surface area contributed by atoms with Crippen molar-refractivity contribution in [3.05, 3.63) is 41.1 Å². The molecule has 2 aromatic rings. The number of benzene rings is 1. The van der Waals surface area contributed by atoms with Crippen LogP contribution in [0.5, 0.6) is 0 Å². The molecular weight excluding hydrogens is 255 g/mol. The van der Waals surface area contributed by atoms with Crippen LogP contribution in [-0.2, 0) is 6.18 Å². The van der Waals surface area contributed by atoms with Crippen molar-refractivity contribution < 1.29 is 13.2 Å². The molecule has 6 heteroatoms. The molecule has 100 valence electrons. The number of aryl methyl sites for hydroxylation is 1. The van der Waals surface area contributed by atoms with Gasteiger partial charge >= 0.3 is 6.18 Å². The van der Waals surface area contributed by atoms with Crippen molar-refractivity contribution in [1.29, 1.82) is 0 Å². The summed E-state index contributed by atoms with van der Waals surface area (Å²) < 4.78 is 38.1. The van der Waals surface area contributed by atoms with E-state index >= 15 is 0 Å². The Morgan fingerprint density at radius 2 is 1.79 bits per heavy atom. The third-order valence-corrected chi connectivity index (χ3v) is 2.87. The zero-order chi connectivity index (χ0) is 14.2. The van der Waals surface area contributed by atoms with Gasteiger partial charge in [0.1, 0.15) is 0 Å². The van der Waals surface area contributed by atoms with Crippen molar-refractivity contribution >= 4 is 5.95 Å². The Labute approximate surface area is 108 Å². The van der Waals surface area contributed by atoms with Crippen LogP contribution in [0.25, 0.3) is 11.3 Å². The van der Waals surface area contributed by atoms with Crippen LogP contribution < -0.4 is 5.73 Å². The van der Waals surface area contributed by atoms with Gasteiger partial charge in [0.15, 0.2) is 0 Å². The van der Waals surface area contributed by atoms with E-state index in [0.29, 0.717) is 22.5 Å². The average Bonchev–Trinajstić information content (AvgIpc) is 2.33. The predicted molar refractivity (Wildman–Crippen MR) is 66.4 cm³/mol. The molecule has 0 aliphatic heterocycles. The molecule has 0 bridgehead atoms. The molecule has 0 saturated heterocycles. The minimum atomic E-state index is -4.38. The highest BCUT2D eigenvalue weighted by Gasteiger charge is 2.30. The van der Waals surface area contributed by atoms with Crippen molar-refractivity contribution in [3.63, 3.8) is 0 Å². The Balaban J connectivity index is 2.60. The Kier molecular flexibility index (Phi) is 3.18. The lowest BCUT2D eigenvalue weighted by atomic mass is 10.0. The van der Waals surface area contributed by atoms with Crippen LogP contribution >= 0.6 is 0 Å². The first kappa shape index (κ1) is 13.3. The second kappa shape index (κ2) is 4.53. The molecule has 0 spiro atoms. The van der Waals surface area contributed by atoms with Crippen LogP contribution in [0.1, 0.15) is 16.8 Å². The number of anilines is 1. The Morgan fingerprint density at radius 3 is 2.42 bits per heavy atom. The molecule has 1 aromatic carbocycles. The number of nitrogens with two attached hydrogens (primary N) is 1. The zero-order valence-corrected chi connectivity index (χ0v) is 10.4. The van der Waals surface area contributed by atoms with E-state index in [1.165, 1.54) is 6.07 Å². The van der Waals surface area contributed by atoms with Crippen molar-refractivity contribution in [1.82, 2.24) is 9.97 Å². The Hall–Kier alpha value is -2.11. The fourth-order valence-corrected chi connectivity index (χ4v) is 1.77. The molecule has 19 heavy (non-hydrogen) atoms. The quantitative estimate of drug-likeness (QED) is 0.861. The van der Waals surface area contributed by atoms with Gasteiger partial charge in [0.25, 0.3) is 0 Å². The molecule has 3 nitrogen and oxygen atoms in total. The lowest BCUT2D eigenvalue weighted by Gasteiger charge is -2.11. The summed E-state index contributed by atoms with van der Waals surface area (Å²) in [6.45, 7) is 3.49. The normalized spacial score (nSPS) is 11.6. The van der Waals surface area contributed by atoms with E-state index in [1.54, 1.807) is 19.9 Å². The van der Waals surface area contributed by atoms with Gasteiger partial charge in [-0.25, -0.2) is 9.97 Å². The van der Waals surface area contributed by atoms with Gasteiger partial charge < -0.3 is 5.73 Å². The third kappa shape index (κ3) is 2.67. The number of aromatic nitrogens is 2. The smallest absolute Gasteiger partial charge is 0.368 e. The van der Waals surface area contributed by atoms with Gasteiger partial charge in [-0.05, 0) is 31.5 Å². The van der Waals surface area contributed by atoms with E-state index in [1.807, 2.05) is 0 Å². The molecule has 0 atom stereocenters. The van der Waals surface area contributed by atoms with Crippen molar-refractivity contribution in [2.24, 2.45) is 0 Å². The fraction of sp³-hybridized carbons (Fsp3) is 0.231. The maximum atomic E-state index is 12.7. The van der Waals surface area contributed by atoms with Gasteiger partial charge in [-0.2, -0.15) is 13.2 Å². The average molecular weight is 267 g/mol. The molecule has 0 fully saturated rings. The first-order valence-electron chi connectivity index (χ1n) is 5.57. The summed E-state index contributed by atoms with van der Waals surface area (Å²) in [5.41, 5.74) is 7.01. The molecule has 0 saturated carbocycles. The van der Waals surface area contributed by atoms with Crippen molar-refractivity contribution in [2.45, 2.75) is 20.0 Å². The summed E-state index contributed by atoms with van der Waals surface area (Å²) in [4.78, 5) is 8.00. The van der Waals surface area contributed by atoms with Crippen LogP contribution in [0.15, 0.2) is 24.3 Å². The highest BCUT2D eigenvalue weighted by atomic mass is 19.4. The molecule has 0 radical (unpaired) electrons. The van der Waals surface area contributed by atoms with Gasteiger partial charge in [-0.3, -0.25) is 0 Å². The first-order chi connectivity index (χ1) is 8.79. The minimum Gasteiger partial charge on any atom is -0.368 e. The van der Waals surface area contributed by atoms with Gasteiger partial charge in [0.05, 0.1) is 11.3 Å². The fourth-order valence-electron chi connectivity index (χ4n) is 1.77. The van der Waals surface area contributed by atoms with E-state index in [0.717, 1.165) is 12.1 Å². The molecule has 0 aliphatic carbocycles. The monoisotopic (exact) mass is 267 g/mol. The van der Waals surface area contributed by atoms with E-state index in [-0.39, 0.29) is 5.95 Å². The lowest BCUT2D eigenvalue weighted by Crippen LogP contribution is -2.06. The number of halogens is 3. The summed E-state index contributed by atoms with van der Waals surface area (Å²) in [6.07, 6.45) is -4.38. The highest BCUT2D eigenvalue weighted by Crippen LogP contribution is 2.32.